The van der Waals surface area contributed by atoms with E-state index in [1.165, 1.54) is 12.1 Å². The van der Waals surface area contributed by atoms with Crippen molar-refractivity contribution in [3.05, 3.63) is 83.0 Å². The van der Waals surface area contributed by atoms with Crippen LogP contribution in [0.1, 0.15) is 11.4 Å². The first kappa shape index (κ1) is 13.7. The van der Waals surface area contributed by atoms with Gasteiger partial charge in [0.1, 0.15) is 11.6 Å². The van der Waals surface area contributed by atoms with E-state index in [9.17, 15) is 4.39 Å². The SMILES string of the molecule is Fc1cccc(-c2ccnc(Cc3cccc(Cl)c3)n2)c1. The Morgan fingerprint density at radius 3 is 2.67 bits per heavy atom. The summed E-state index contributed by atoms with van der Waals surface area (Å²) in [7, 11) is 0. The third-order valence-electron chi connectivity index (χ3n) is 3.08. The van der Waals surface area contributed by atoms with Crippen LogP contribution in [0.15, 0.2) is 60.8 Å². The zero-order valence-electron chi connectivity index (χ0n) is 11.1. The molecule has 0 saturated heterocycles. The summed E-state index contributed by atoms with van der Waals surface area (Å²) in [6.45, 7) is 0. The smallest absolute Gasteiger partial charge is 0.133 e. The minimum atomic E-state index is -0.275. The van der Waals surface area contributed by atoms with E-state index in [0.717, 1.165) is 11.1 Å². The summed E-state index contributed by atoms with van der Waals surface area (Å²) >= 11 is 5.97. The fraction of sp³-hybridized carbons (Fsp3) is 0.0588. The highest BCUT2D eigenvalue weighted by Gasteiger charge is 2.05. The van der Waals surface area contributed by atoms with Crippen LogP contribution in [0.25, 0.3) is 11.3 Å². The highest BCUT2D eigenvalue weighted by Crippen LogP contribution is 2.19. The average molecular weight is 299 g/mol. The second-order valence-electron chi connectivity index (χ2n) is 4.68. The van der Waals surface area contributed by atoms with Crippen molar-refractivity contribution < 1.29 is 4.39 Å². The van der Waals surface area contributed by atoms with Gasteiger partial charge in [-0.25, -0.2) is 14.4 Å². The molecule has 0 N–H and O–H groups in total. The van der Waals surface area contributed by atoms with Crippen molar-refractivity contribution in [1.82, 2.24) is 9.97 Å². The zero-order valence-corrected chi connectivity index (χ0v) is 11.9. The number of hydrogen-bond donors (Lipinski definition) is 0. The Labute approximate surface area is 127 Å². The quantitative estimate of drug-likeness (QED) is 0.710. The van der Waals surface area contributed by atoms with Crippen molar-refractivity contribution in [2.75, 3.05) is 0 Å². The van der Waals surface area contributed by atoms with E-state index in [1.807, 2.05) is 30.3 Å². The maximum absolute atomic E-state index is 13.3. The van der Waals surface area contributed by atoms with Gasteiger partial charge in [0.05, 0.1) is 5.69 Å². The molecule has 104 valence electrons. The van der Waals surface area contributed by atoms with Crippen LogP contribution >= 0.6 is 11.6 Å². The molecule has 21 heavy (non-hydrogen) atoms. The number of nitrogens with zero attached hydrogens (tertiary/aromatic N) is 2. The average Bonchev–Trinajstić information content (AvgIpc) is 2.47. The number of benzene rings is 2. The third-order valence-corrected chi connectivity index (χ3v) is 3.31. The van der Waals surface area contributed by atoms with Crippen LogP contribution in [0.3, 0.4) is 0 Å². The molecule has 0 fully saturated rings. The van der Waals surface area contributed by atoms with Gasteiger partial charge in [0.15, 0.2) is 0 Å². The van der Waals surface area contributed by atoms with Gasteiger partial charge in [-0.15, -0.1) is 0 Å². The monoisotopic (exact) mass is 298 g/mol. The standard InChI is InChI=1S/C17H12ClFN2/c18-14-5-1-3-12(9-14)10-17-20-8-7-16(21-17)13-4-2-6-15(19)11-13/h1-9,11H,10H2. The Balaban J connectivity index is 1.90. The van der Waals surface area contributed by atoms with Crippen LogP contribution in [0, 0.1) is 5.82 Å². The van der Waals surface area contributed by atoms with Crippen LogP contribution < -0.4 is 0 Å². The van der Waals surface area contributed by atoms with Crippen molar-refractivity contribution in [3.8, 4) is 11.3 Å². The lowest BCUT2D eigenvalue weighted by Crippen LogP contribution is -1.97. The van der Waals surface area contributed by atoms with Gasteiger partial charge in [-0.05, 0) is 35.9 Å². The van der Waals surface area contributed by atoms with Gasteiger partial charge in [0.25, 0.3) is 0 Å². The molecule has 1 heterocycles. The molecule has 0 atom stereocenters. The van der Waals surface area contributed by atoms with Crippen molar-refractivity contribution in [2.45, 2.75) is 6.42 Å². The van der Waals surface area contributed by atoms with Gasteiger partial charge in [0.2, 0.25) is 0 Å². The van der Waals surface area contributed by atoms with Crippen molar-refractivity contribution in [1.29, 1.82) is 0 Å². The van der Waals surface area contributed by atoms with Gasteiger partial charge >= 0.3 is 0 Å². The van der Waals surface area contributed by atoms with Gasteiger partial charge in [-0.3, -0.25) is 0 Å². The Morgan fingerprint density at radius 2 is 1.86 bits per heavy atom. The van der Waals surface area contributed by atoms with Crippen LogP contribution in [0.2, 0.25) is 5.02 Å². The first-order chi connectivity index (χ1) is 10.2. The van der Waals surface area contributed by atoms with Crippen LogP contribution in [0.4, 0.5) is 4.39 Å². The Kier molecular flexibility index (Phi) is 3.93. The number of rotatable bonds is 3. The second-order valence-corrected chi connectivity index (χ2v) is 5.11. The molecular formula is C17H12ClFN2. The summed E-state index contributed by atoms with van der Waals surface area (Å²) < 4.78 is 13.3. The second kappa shape index (κ2) is 6.02. The molecule has 0 saturated carbocycles. The summed E-state index contributed by atoms with van der Waals surface area (Å²) in [5.41, 5.74) is 2.49. The van der Waals surface area contributed by atoms with E-state index >= 15 is 0 Å². The number of halogens is 2. The van der Waals surface area contributed by atoms with Crippen LogP contribution in [0.5, 0.6) is 0 Å². The molecule has 0 aliphatic rings. The largest absolute Gasteiger partial charge is 0.241 e. The highest BCUT2D eigenvalue weighted by molar-refractivity contribution is 6.30. The lowest BCUT2D eigenvalue weighted by atomic mass is 10.1. The van der Waals surface area contributed by atoms with Gasteiger partial charge in [0, 0.05) is 23.2 Å². The van der Waals surface area contributed by atoms with Gasteiger partial charge in [-0.2, -0.15) is 0 Å². The summed E-state index contributed by atoms with van der Waals surface area (Å²) in [5.74, 6) is 0.404. The molecule has 1 aromatic heterocycles. The lowest BCUT2D eigenvalue weighted by Gasteiger charge is -2.05. The van der Waals surface area contributed by atoms with E-state index in [2.05, 4.69) is 9.97 Å². The van der Waals surface area contributed by atoms with E-state index in [1.54, 1.807) is 18.3 Å². The molecule has 4 heteroatoms. The fourth-order valence-electron chi connectivity index (χ4n) is 2.12. The summed E-state index contributed by atoms with van der Waals surface area (Å²) in [6, 6.07) is 15.7. The molecule has 0 unspecified atom stereocenters. The minimum Gasteiger partial charge on any atom is -0.241 e. The predicted molar refractivity (Wildman–Crippen MR) is 81.7 cm³/mol. The molecule has 0 radical (unpaired) electrons. The topological polar surface area (TPSA) is 25.8 Å². The molecule has 0 bridgehead atoms. The Bertz CT molecular complexity index is 774. The van der Waals surface area contributed by atoms with E-state index in [0.29, 0.717) is 23.0 Å². The lowest BCUT2D eigenvalue weighted by molar-refractivity contribution is 0.628. The maximum Gasteiger partial charge on any atom is 0.133 e. The fourth-order valence-corrected chi connectivity index (χ4v) is 2.34. The molecule has 0 aliphatic carbocycles. The normalized spacial score (nSPS) is 10.6. The Morgan fingerprint density at radius 1 is 1.00 bits per heavy atom. The summed E-state index contributed by atoms with van der Waals surface area (Å²) in [4.78, 5) is 8.75. The third kappa shape index (κ3) is 3.44. The summed E-state index contributed by atoms with van der Waals surface area (Å²) in [6.07, 6.45) is 2.27. The van der Waals surface area contributed by atoms with E-state index in [4.69, 9.17) is 11.6 Å². The molecule has 0 spiro atoms. The summed E-state index contributed by atoms with van der Waals surface area (Å²) in [5, 5.41) is 0.689. The zero-order chi connectivity index (χ0) is 14.7. The molecule has 2 aromatic carbocycles. The highest BCUT2D eigenvalue weighted by atomic mass is 35.5. The van der Waals surface area contributed by atoms with Gasteiger partial charge < -0.3 is 0 Å². The van der Waals surface area contributed by atoms with Gasteiger partial charge in [-0.1, -0.05) is 35.9 Å². The number of hydrogen-bond acceptors (Lipinski definition) is 2. The Hall–Kier alpha value is -2.26. The maximum atomic E-state index is 13.3. The van der Waals surface area contributed by atoms with Crippen LogP contribution in [-0.2, 0) is 6.42 Å². The van der Waals surface area contributed by atoms with Crippen molar-refractivity contribution in [3.63, 3.8) is 0 Å². The van der Waals surface area contributed by atoms with Crippen LogP contribution in [-0.4, -0.2) is 9.97 Å². The molecule has 0 aliphatic heterocycles. The van der Waals surface area contributed by atoms with Crippen molar-refractivity contribution >= 4 is 11.6 Å². The van der Waals surface area contributed by atoms with E-state index < -0.39 is 0 Å². The number of aromatic nitrogens is 2. The first-order valence-corrected chi connectivity index (χ1v) is 6.91. The van der Waals surface area contributed by atoms with Crippen molar-refractivity contribution in [2.24, 2.45) is 0 Å². The predicted octanol–water partition coefficient (Wildman–Crippen LogP) is 4.53. The van der Waals surface area contributed by atoms with E-state index in [-0.39, 0.29) is 5.82 Å². The molecule has 2 nitrogen and oxygen atoms in total. The molecule has 0 amide bonds. The minimum absolute atomic E-state index is 0.275. The molecular weight excluding hydrogens is 287 g/mol. The molecule has 3 aromatic rings. The molecule has 3 rings (SSSR count). The first-order valence-electron chi connectivity index (χ1n) is 6.53.